The van der Waals surface area contributed by atoms with Crippen molar-refractivity contribution in [2.75, 3.05) is 6.61 Å². The van der Waals surface area contributed by atoms with Gasteiger partial charge in [0.25, 0.3) is 0 Å². The van der Waals surface area contributed by atoms with Crippen molar-refractivity contribution < 1.29 is 14.3 Å². The lowest BCUT2D eigenvalue weighted by Crippen LogP contribution is -1.99. The standard InChI is InChI=1S/C23H23ClN2O3/c1-15(9-16(2)27)3-4-18-10-19(12-25)23(26-13-18)29-22-8-7-20(11-21(22)24)28-14-17-5-6-17/h3-4,7-8,10-11,13,15,17H,5-6,9,14H2,1-2H3/b4-3+/t15-/m0/s1. The second kappa shape index (κ2) is 9.58. The number of hydrogen-bond acceptors (Lipinski definition) is 5. The summed E-state index contributed by atoms with van der Waals surface area (Å²) in [5, 5.41) is 9.86. The van der Waals surface area contributed by atoms with E-state index in [1.54, 1.807) is 37.4 Å². The van der Waals surface area contributed by atoms with E-state index in [2.05, 4.69) is 11.1 Å². The summed E-state index contributed by atoms with van der Waals surface area (Å²) in [7, 11) is 0. The Morgan fingerprint density at radius 2 is 2.21 bits per heavy atom. The van der Waals surface area contributed by atoms with Gasteiger partial charge in [0.1, 0.15) is 28.9 Å². The minimum Gasteiger partial charge on any atom is -0.493 e. The molecule has 1 aliphatic rings. The van der Waals surface area contributed by atoms with Crippen LogP contribution in [0.2, 0.25) is 5.02 Å². The van der Waals surface area contributed by atoms with Crippen molar-refractivity contribution >= 4 is 23.5 Å². The number of nitriles is 1. The third kappa shape index (κ3) is 6.33. The number of halogens is 1. The fraction of sp³-hybridized carbons (Fsp3) is 0.348. The fourth-order valence-corrected chi connectivity index (χ4v) is 2.98. The molecule has 1 aromatic heterocycles. The minimum absolute atomic E-state index is 0.119. The van der Waals surface area contributed by atoms with Crippen molar-refractivity contribution in [3.63, 3.8) is 0 Å². The summed E-state index contributed by atoms with van der Waals surface area (Å²) in [5.41, 5.74) is 1.07. The Morgan fingerprint density at radius 1 is 1.41 bits per heavy atom. The molecule has 6 heteroatoms. The highest BCUT2D eigenvalue weighted by molar-refractivity contribution is 6.32. The number of hydrogen-bond donors (Lipinski definition) is 0. The zero-order chi connectivity index (χ0) is 20.8. The van der Waals surface area contributed by atoms with Gasteiger partial charge < -0.3 is 14.3 Å². The molecule has 0 unspecified atom stereocenters. The molecule has 0 bridgehead atoms. The number of benzene rings is 1. The van der Waals surface area contributed by atoms with Gasteiger partial charge in [-0.3, -0.25) is 0 Å². The Labute approximate surface area is 175 Å². The van der Waals surface area contributed by atoms with E-state index in [4.69, 9.17) is 21.1 Å². The highest BCUT2D eigenvalue weighted by Crippen LogP contribution is 2.34. The lowest BCUT2D eigenvalue weighted by Gasteiger charge is -2.11. The van der Waals surface area contributed by atoms with E-state index in [0.717, 1.165) is 5.56 Å². The van der Waals surface area contributed by atoms with Crippen molar-refractivity contribution in [3.05, 3.63) is 52.7 Å². The third-order valence-corrected chi connectivity index (χ3v) is 4.81. The fourth-order valence-electron chi connectivity index (χ4n) is 2.77. The minimum atomic E-state index is 0.119. The average molecular weight is 411 g/mol. The molecule has 1 atom stereocenters. The van der Waals surface area contributed by atoms with Gasteiger partial charge in [-0.05, 0) is 55.4 Å². The first kappa shape index (κ1) is 20.9. The molecule has 1 aromatic carbocycles. The van der Waals surface area contributed by atoms with Crippen LogP contribution in [0, 0.1) is 23.2 Å². The van der Waals surface area contributed by atoms with E-state index in [0.29, 0.717) is 41.0 Å². The maximum absolute atomic E-state index is 11.2. The lowest BCUT2D eigenvalue weighted by molar-refractivity contribution is -0.117. The second-order valence-corrected chi connectivity index (χ2v) is 7.83. The van der Waals surface area contributed by atoms with Crippen LogP contribution in [0.4, 0.5) is 0 Å². The molecule has 1 fully saturated rings. The van der Waals surface area contributed by atoms with E-state index < -0.39 is 0 Å². The first-order chi connectivity index (χ1) is 13.9. The lowest BCUT2D eigenvalue weighted by atomic mass is 10.0. The van der Waals surface area contributed by atoms with Crippen molar-refractivity contribution in [2.45, 2.75) is 33.1 Å². The number of nitrogens with zero attached hydrogens (tertiary/aromatic N) is 2. The van der Waals surface area contributed by atoms with Gasteiger partial charge in [-0.25, -0.2) is 4.98 Å². The molecule has 0 saturated heterocycles. The smallest absolute Gasteiger partial charge is 0.237 e. The zero-order valence-corrected chi connectivity index (χ0v) is 17.3. The average Bonchev–Trinajstić information content (AvgIpc) is 3.51. The number of carbonyl (C=O) groups excluding carboxylic acids is 1. The summed E-state index contributed by atoms with van der Waals surface area (Å²) in [5.74, 6) is 2.21. The van der Waals surface area contributed by atoms with Crippen LogP contribution in [-0.4, -0.2) is 17.4 Å². The molecule has 0 amide bonds. The Balaban J connectivity index is 1.69. The predicted molar refractivity (Wildman–Crippen MR) is 112 cm³/mol. The van der Waals surface area contributed by atoms with E-state index in [1.807, 2.05) is 19.1 Å². The number of pyridine rings is 1. The maximum Gasteiger partial charge on any atom is 0.237 e. The van der Waals surface area contributed by atoms with E-state index >= 15 is 0 Å². The summed E-state index contributed by atoms with van der Waals surface area (Å²) in [6, 6.07) is 9.01. The molecule has 0 N–H and O–H groups in total. The second-order valence-electron chi connectivity index (χ2n) is 7.42. The van der Waals surface area contributed by atoms with Crippen LogP contribution in [-0.2, 0) is 4.79 Å². The first-order valence-corrected chi connectivity index (χ1v) is 10.0. The van der Waals surface area contributed by atoms with Crippen LogP contribution in [0.25, 0.3) is 6.08 Å². The van der Waals surface area contributed by atoms with Crippen LogP contribution in [0.1, 0.15) is 44.2 Å². The van der Waals surface area contributed by atoms with Gasteiger partial charge in [0.2, 0.25) is 5.88 Å². The number of allylic oxidation sites excluding steroid dienone is 1. The van der Waals surface area contributed by atoms with Gasteiger partial charge in [0.05, 0.1) is 11.6 Å². The molecule has 1 aliphatic carbocycles. The van der Waals surface area contributed by atoms with Crippen LogP contribution >= 0.6 is 11.6 Å². The quantitative estimate of drug-likeness (QED) is 0.521. The van der Waals surface area contributed by atoms with Gasteiger partial charge in [-0.2, -0.15) is 5.26 Å². The molecule has 3 rings (SSSR count). The summed E-state index contributed by atoms with van der Waals surface area (Å²) >= 11 is 6.31. The Bertz CT molecular complexity index is 961. The van der Waals surface area contributed by atoms with Crippen LogP contribution in [0.5, 0.6) is 17.4 Å². The molecule has 1 heterocycles. The van der Waals surface area contributed by atoms with Crippen molar-refractivity contribution in [3.8, 4) is 23.4 Å². The highest BCUT2D eigenvalue weighted by atomic mass is 35.5. The van der Waals surface area contributed by atoms with Gasteiger partial charge >= 0.3 is 0 Å². The molecule has 29 heavy (non-hydrogen) atoms. The summed E-state index contributed by atoms with van der Waals surface area (Å²) in [6.07, 6.45) is 8.32. The number of Topliss-reactive ketones (excluding diaryl/α,β-unsaturated/α-hetero) is 1. The molecule has 0 spiro atoms. The first-order valence-electron chi connectivity index (χ1n) is 9.62. The topological polar surface area (TPSA) is 72.2 Å². The normalized spacial score (nSPS) is 14.4. The number of carbonyl (C=O) groups is 1. The summed E-state index contributed by atoms with van der Waals surface area (Å²) < 4.78 is 11.5. The molecule has 1 saturated carbocycles. The van der Waals surface area contributed by atoms with Gasteiger partial charge in [0, 0.05) is 18.7 Å². The van der Waals surface area contributed by atoms with Crippen LogP contribution < -0.4 is 9.47 Å². The zero-order valence-electron chi connectivity index (χ0n) is 16.5. The summed E-state index contributed by atoms with van der Waals surface area (Å²) in [6.45, 7) is 4.24. The van der Waals surface area contributed by atoms with Crippen molar-refractivity contribution in [2.24, 2.45) is 11.8 Å². The maximum atomic E-state index is 11.2. The Kier molecular flexibility index (Phi) is 6.90. The number of ether oxygens (including phenoxy) is 2. The van der Waals surface area contributed by atoms with Crippen LogP contribution in [0.3, 0.4) is 0 Å². The molecule has 2 aromatic rings. The van der Waals surface area contributed by atoms with E-state index in [9.17, 15) is 10.1 Å². The molecular formula is C23H23ClN2O3. The van der Waals surface area contributed by atoms with Gasteiger partial charge in [-0.15, -0.1) is 0 Å². The van der Waals surface area contributed by atoms with E-state index in [1.165, 1.54) is 12.8 Å². The Hall–Kier alpha value is -2.84. The molecule has 5 nitrogen and oxygen atoms in total. The number of rotatable bonds is 9. The summed E-state index contributed by atoms with van der Waals surface area (Å²) in [4.78, 5) is 15.4. The van der Waals surface area contributed by atoms with Crippen molar-refractivity contribution in [1.29, 1.82) is 5.26 Å². The molecule has 0 radical (unpaired) electrons. The van der Waals surface area contributed by atoms with Gasteiger partial charge in [0.15, 0.2) is 0 Å². The van der Waals surface area contributed by atoms with Crippen LogP contribution in [0.15, 0.2) is 36.5 Å². The highest BCUT2D eigenvalue weighted by Gasteiger charge is 2.22. The molecular weight excluding hydrogens is 388 g/mol. The monoisotopic (exact) mass is 410 g/mol. The molecule has 150 valence electrons. The SMILES string of the molecule is CC(=O)C[C@@H](C)/C=C/c1cnc(Oc2ccc(OCC3CC3)cc2Cl)c(C#N)c1. The largest absolute Gasteiger partial charge is 0.493 e. The number of aromatic nitrogens is 1. The number of ketones is 1. The van der Waals surface area contributed by atoms with Gasteiger partial charge in [-0.1, -0.05) is 30.7 Å². The Morgan fingerprint density at radius 3 is 2.86 bits per heavy atom. The van der Waals surface area contributed by atoms with Crippen molar-refractivity contribution in [1.82, 2.24) is 4.98 Å². The predicted octanol–water partition coefficient (Wildman–Crippen LogP) is 5.82. The van der Waals surface area contributed by atoms with E-state index in [-0.39, 0.29) is 17.6 Å². The molecule has 0 aliphatic heterocycles. The third-order valence-electron chi connectivity index (χ3n) is 4.51.